The summed E-state index contributed by atoms with van der Waals surface area (Å²) in [7, 11) is 0. The van der Waals surface area contributed by atoms with Gasteiger partial charge < -0.3 is 15.5 Å². The van der Waals surface area contributed by atoms with Crippen LogP contribution < -0.4 is 15.5 Å². The number of anilines is 1. The quantitative estimate of drug-likeness (QED) is 0.836. The minimum absolute atomic E-state index is 0. The molecule has 0 aliphatic carbocycles. The number of carbonyl (C=O) groups excluding carboxylic acids is 1. The number of nitrogens with zero attached hydrogens (tertiary/aromatic N) is 2. The Kier molecular flexibility index (Phi) is 8.46. The molecule has 1 aromatic heterocycles. The molecule has 0 saturated carbocycles. The van der Waals surface area contributed by atoms with Gasteiger partial charge in [-0.25, -0.2) is 4.98 Å². The molecule has 2 fully saturated rings. The molecular formula is C14H24Cl2N4OS. The van der Waals surface area contributed by atoms with Crippen molar-refractivity contribution in [2.75, 3.05) is 31.1 Å². The van der Waals surface area contributed by atoms with Gasteiger partial charge in [-0.15, -0.1) is 36.2 Å². The van der Waals surface area contributed by atoms with Crippen molar-refractivity contribution in [1.29, 1.82) is 0 Å². The Balaban J connectivity index is 0.00000121. The van der Waals surface area contributed by atoms with Gasteiger partial charge in [-0.3, -0.25) is 4.79 Å². The number of hydrogen-bond donors (Lipinski definition) is 2. The molecule has 2 saturated heterocycles. The van der Waals surface area contributed by atoms with Crippen LogP contribution in [-0.4, -0.2) is 43.1 Å². The van der Waals surface area contributed by atoms with Crippen molar-refractivity contribution in [2.24, 2.45) is 0 Å². The van der Waals surface area contributed by atoms with Crippen molar-refractivity contribution in [3.05, 3.63) is 11.1 Å². The zero-order valence-electron chi connectivity index (χ0n) is 12.5. The monoisotopic (exact) mass is 366 g/mol. The Bertz CT molecular complexity index is 459. The molecule has 0 radical (unpaired) electrons. The van der Waals surface area contributed by atoms with E-state index in [-0.39, 0.29) is 36.8 Å². The van der Waals surface area contributed by atoms with Crippen molar-refractivity contribution in [2.45, 2.75) is 38.1 Å². The predicted octanol–water partition coefficient (Wildman–Crippen LogP) is 2.00. The van der Waals surface area contributed by atoms with Gasteiger partial charge in [0.05, 0.1) is 11.7 Å². The highest BCUT2D eigenvalue weighted by atomic mass is 35.5. The summed E-state index contributed by atoms with van der Waals surface area (Å²) in [5, 5.41) is 9.47. The lowest BCUT2D eigenvalue weighted by Gasteiger charge is -2.12. The fourth-order valence-electron chi connectivity index (χ4n) is 2.81. The summed E-state index contributed by atoms with van der Waals surface area (Å²) >= 11 is 1.72. The molecule has 126 valence electrons. The summed E-state index contributed by atoms with van der Waals surface area (Å²) < 4.78 is 0. The zero-order valence-corrected chi connectivity index (χ0v) is 15.0. The van der Waals surface area contributed by atoms with E-state index in [0.29, 0.717) is 6.54 Å². The van der Waals surface area contributed by atoms with E-state index in [4.69, 9.17) is 0 Å². The Labute approximate surface area is 148 Å². The third kappa shape index (κ3) is 4.98. The second-order valence-corrected chi connectivity index (χ2v) is 6.34. The highest BCUT2D eigenvalue weighted by Crippen LogP contribution is 2.24. The number of hydrogen-bond acceptors (Lipinski definition) is 5. The van der Waals surface area contributed by atoms with Crippen LogP contribution in [0.5, 0.6) is 0 Å². The average molecular weight is 367 g/mol. The first-order valence-corrected chi connectivity index (χ1v) is 8.41. The largest absolute Gasteiger partial charge is 0.354 e. The van der Waals surface area contributed by atoms with Gasteiger partial charge >= 0.3 is 0 Å². The van der Waals surface area contributed by atoms with E-state index >= 15 is 0 Å². The number of aromatic nitrogens is 1. The van der Waals surface area contributed by atoms with E-state index in [1.54, 1.807) is 11.3 Å². The summed E-state index contributed by atoms with van der Waals surface area (Å²) in [5.74, 6) is 0.137. The molecule has 5 nitrogen and oxygen atoms in total. The van der Waals surface area contributed by atoms with Crippen LogP contribution in [0.3, 0.4) is 0 Å². The standard InChI is InChI=1S/C14H22N4OS.2ClH/c19-13(12-4-3-6-15-12)16-7-5-11-10-20-14(17-11)18-8-1-2-9-18;;/h10,12,15H,1-9H2,(H,16,19);2*1H. The molecule has 2 aliphatic heterocycles. The van der Waals surface area contributed by atoms with Crippen molar-refractivity contribution >= 4 is 47.2 Å². The Morgan fingerprint density at radius 3 is 2.82 bits per heavy atom. The van der Waals surface area contributed by atoms with Gasteiger partial charge in [-0.1, -0.05) is 0 Å². The van der Waals surface area contributed by atoms with Crippen LogP contribution in [0.25, 0.3) is 0 Å². The molecule has 0 bridgehead atoms. The Hall–Kier alpha value is -0.560. The molecule has 1 amide bonds. The van der Waals surface area contributed by atoms with Crippen molar-refractivity contribution in [3.8, 4) is 0 Å². The number of carbonyl (C=O) groups is 1. The lowest BCUT2D eigenvalue weighted by atomic mass is 10.2. The Morgan fingerprint density at radius 1 is 1.36 bits per heavy atom. The maximum absolute atomic E-state index is 11.9. The summed E-state index contributed by atoms with van der Waals surface area (Å²) in [4.78, 5) is 18.9. The molecular weight excluding hydrogens is 343 g/mol. The first kappa shape index (κ1) is 19.5. The van der Waals surface area contributed by atoms with Gasteiger partial charge in [0.2, 0.25) is 5.91 Å². The third-order valence-corrected chi connectivity index (χ3v) is 4.92. The predicted molar refractivity (Wildman–Crippen MR) is 95.8 cm³/mol. The third-order valence-electron chi connectivity index (χ3n) is 3.97. The molecule has 2 N–H and O–H groups in total. The second kappa shape index (κ2) is 9.55. The van der Waals surface area contributed by atoms with Crippen LogP contribution >= 0.6 is 36.2 Å². The van der Waals surface area contributed by atoms with Gasteiger partial charge in [0, 0.05) is 31.4 Å². The summed E-state index contributed by atoms with van der Waals surface area (Å²) in [5.41, 5.74) is 1.09. The van der Waals surface area contributed by atoms with E-state index in [1.165, 1.54) is 12.8 Å². The topological polar surface area (TPSA) is 57.3 Å². The highest BCUT2D eigenvalue weighted by molar-refractivity contribution is 7.13. The second-order valence-electron chi connectivity index (χ2n) is 5.51. The van der Waals surface area contributed by atoms with E-state index in [0.717, 1.165) is 49.7 Å². The summed E-state index contributed by atoms with van der Waals surface area (Å²) in [6.07, 6.45) is 5.44. The van der Waals surface area contributed by atoms with Gasteiger partial charge in [0.25, 0.3) is 0 Å². The van der Waals surface area contributed by atoms with E-state index < -0.39 is 0 Å². The number of nitrogens with one attached hydrogen (secondary N) is 2. The average Bonchev–Trinajstić information content (AvgIpc) is 3.20. The number of amides is 1. The highest BCUT2D eigenvalue weighted by Gasteiger charge is 2.21. The van der Waals surface area contributed by atoms with Gasteiger partial charge in [0.15, 0.2) is 5.13 Å². The molecule has 0 aromatic carbocycles. The smallest absolute Gasteiger partial charge is 0.237 e. The van der Waals surface area contributed by atoms with Gasteiger partial charge in [0.1, 0.15) is 0 Å². The molecule has 8 heteroatoms. The van der Waals surface area contributed by atoms with Crippen LogP contribution in [0.15, 0.2) is 5.38 Å². The molecule has 1 aromatic rings. The zero-order chi connectivity index (χ0) is 13.8. The van der Waals surface area contributed by atoms with Crippen LogP contribution in [0, 0.1) is 0 Å². The minimum Gasteiger partial charge on any atom is -0.354 e. The lowest BCUT2D eigenvalue weighted by Crippen LogP contribution is -2.41. The van der Waals surface area contributed by atoms with Gasteiger partial charge in [-0.2, -0.15) is 0 Å². The maximum atomic E-state index is 11.9. The van der Waals surface area contributed by atoms with Gasteiger partial charge in [-0.05, 0) is 32.2 Å². The number of rotatable bonds is 5. The summed E-state index contributed by atoms with van der Waals surface area (Å²) in [6.45, 7) is 3.91. The normalized spacial score (nSPS) is 20.4. The van der Waals surface area contributed by atoms with Crippen LogP contribution in [0.2, 0.25) is 0 Å². The molecule has 3 rings (SSSR count). The van der Waals surface area contributed by atoms with Crippen LogP contribution in [0.1, 0.15) is 31.4 Å². The molecule has 1 atom stereocenters. The maximum Gasteiger partial charge on any atom is 0.237 e. The molecule has 0 spiro atoms. The fourth-order valence-corrected chi connectivity index (χ4v) is 3.72. The fraction of sp³-hybridized carbons (Fsp3) is 0.714. The first-order valence-electron chi connectivity index (χ1n) is 7.53. The number of halogens is 2. The SMILES string of the molecule is Cl.Cl.O=C(NCCc1csc(N2CCCC2)n1)C1CCCN1. The summed E-state index contributed by atoms with van der Waals surface area (Å²) in [6, 6.07) is 0.0191. The van der Waals surface area contributed by atoms with Crippen LogP contribution in [-0.2, 0) is 11.2 Å². The Morgan fingerprint density at radius 2 is 2.14 bits per heavy atom. The first-order chi connectivity index (χ1) is 9.83. The molecule has 2 aliphatic rings. The van der Waals surface area contributed by atoms with Crippen LogP contribution in [0.4, 0.5) is 5.13 Å². The molecule has 3 heterocycles. The van der Waals surface area contributed by atoms with E-state index in [1.807, 2.05) is 0 Å². The molecule has 1 unspecified atom stereocenters. The van der Waals surface area contributed by atoms with Crippen molar-refractivity contribution < 1.29 is 4.79 Å². The minimum atomic E-state index is 0. The number of thiazole rings is 1. The molecule has 22 heavy (non-hydrogen) atoms. The van der Waals surface area contributed by atoms with Crippen molar-refractivity contribution in [3.63, 3.8) is 0 Å². The lowest BCUT2D eigenvalue weighted by molar-refractivity contribution is -0.122. The van der Waals surface area contributed by atoms with E-state index in [9.17, 15) is 4.79 Å². The van der Waals surface area contributed by atoms with E-state index in [2.05, 4.69) is 25.9 Å². The van der Waals surface area contributed by atoms with Crippen molar-refractivity contribution in [1.82, 2.24) is 15.6 Å².